The molecule has 0 atom stereocenters. The van der Waals surface area contributed by atoms with E-state index in [1.807, 2.05) is 60.2 Å². The van der Waals surface area contributed by atoms with Crippen molar-refractivity contribution >= 4 is 11.7 Å². The van der Waals surface area contributed by atoms with Crippen LogP contribution in [0.15, 0.2) is 66.9 Å². The van der Waals surface area contributed by atoms with Gasteiger partial charge in [-0.05, 0) is 48.4 Å². The molecular weight excluding hydrogens is 317 g/mol. The van der Waals surface area contributed by atoms with Gasteiger partial charge in [-0.3, -0.25) is 0 Å². The number of carbonyl (C=O) groups excluding carboxylic acids is 1. The van der Waals surface area contributed by atoms with Crippen molar-refractivity contribution in [1.29, 1.82) is 0 Å². The number of carbonyl (C=O) groups is 1. The third kappa shape index (κ3) is 4.47. The van der Waals surface area contributed by atoms with Gasteiger partial charge >= 0.3 is 6.03 Å². The third-order valence-corrected chi connectivity index (χ3v) is 3.99. The highest BCUT2D eigenvalue weighted by molar-refractivity contribution is 5.89. The Morgan fingerprint density at radius 3 is 2.72 bits per heavy atom. The second-order valence-corrected chi connectivity index (χ2v) is 5.88. The summed E-state index contributed by atoms with van der Waals surface area (Å²) in [4.78, 5) is 12.1. The standard InChI is InChI=1S/C20H20FN3O/c1-15-6-2-3-10-19(15)23-20(25)22-13-18-9-5-11-24(18)14-16-7-4-8-17(21)12-16/h2-12H,13-14H2,1H3,(H2,22,23,25). The van der Waals surface area contributed by atoms with Gasteiger partial charge in [-0.25, -0.2) is 9.18 Å². The van der Waals surface area contributed by atoms with Crippen LogP contribution in [0.1, 0.15) is 16.8 Å². The van der Waals surface area contributed by atoms with Crippen molar-refractivity contribution in [2.75, 3.05) is 5.32 Å². The molecule has 3 aromatic rings. The fraction of sp³-hybridized carbons (Fsp3) is 0.150. The second kappa shape index (κ2) is 7.66. The van der Waals surface area contributed by atoms with Gasteiger partial charge in [-0.15, -0.1) is 0 Å². The van der Waals surface area contributed by atoms with E-state index >= 15 is 0 Å². The first-order valence-corrected chi connectivity index (χ1v) is 8.11. The number of aryl methyl sites for hydroxylation is 1. The Kier molecular flexibility index (Phi) is 5.14. The third-order valence-electron chi connectivity index (χ3n) is 3.99. The first-order chi connectivity index (χ1) is 12.1. The Bertz CT molecular complexity index is 873. The summed E-state index contributed by atoms with van der Waals surface area (Å²) in [5.41, 5.74) is 3.62. The van der Waals surface area contributed by atoms with Crippen LogP contribution in [0.25, 0.3) is 0 Å². The minimum absolute atomic E-state index is 0.248. The van der Waals surface area contributed by atoms with Crippen LogP contribution in [0.4, 0.5) is 14.9 Å². The quantitative estimate of drug-likeness (QED) is 0.716. The van der Waals surface area contributed by atoms with Crippen molar-refractivity contribution in [3.63, 3.8) is 0 Å². The van der Waals surface area contributed by atoms with Crippen molar-refractivity contribution in [2.45, 2.75) is 20.0 Å². The molecule has 1 heterocycles. The summed E-state index contributed by atoms with van der Waals surface area (Å²) >= 11 is 0. The number of hydrogen-bond donors (Lipinski definition) is 2. The van der Waals surface area contributed by atoms with Gasteiger partial charge in [0.1, 0.15) is 5.82 Å². The number of halogens is 1. The molecule has 4 nitrogen and oxygen atoms in total. The Hall–Kier alpha value is -3.08. The summed E-state index contributed by atoms with van der Waals surface area (Å²) in [6.07, 6.45) is 1.92. The number of aromatic nitrogens is 1. The van der Waals surface area contributed by atoms with Crippen LogP contribution >= 0.6 is 0 Å². The van der Waals surface area contributed by atoms with Crippen molar-refractivity contribution in [1.82, 2.24) is 9.88 Å². The number of anilines is 1. The van der Waals surface area contributed by atoms with Crippen LogP contribution in [-0.4, -0.2) is 10.6 Å². The lowest BCUT2D eigenvalue weighted by molar-refractivity contribution is 0.251. The molecule has 0 radical (unpaired) electrons. The minimum atomic E-state index is -0.257. The SMILES string of the molecule is Cc1ccccc1NC(=O)NCc1cccn1Cc1cccc(F)c1. The lowest BCUT2D eigenvalue weighted by atomic mass is 10.2. The summed E-state index contributed by atoms with van der Waals surface area (Å²) in [5, 5.41) is 5.69. The Balaban J connectivity index is 1.60. The molecule has 0 unspecified atom stereocenters. The lowest BCUT2D eigenvalue weighted by Gasteiger charge is -2.12. The van der Waals surface area contributed by atoms with E-state index in [0.29, 0.717) is 13.1 Å². The van der Waals surface area contributed by atoms with Gasteiger partial charge in [0.25, 0.3) is 0 Å². The molecule has 2 aromatic carbocycles. The molecule has 0 bridgehead atoms. The minimum Gasteiger partial charge on any atom is -0.345 e. The van der Waals surface area contributed by atoms with E-state index in [4.69, 9.17) is 0 Å². The average Bonchev–Trinajstić information content (AvgIpc) is 3.02. The van der Waals surface area contributed by atoms with Crippen LogP contribution in [0.5, 0.6) is 0 Å². The molecule has 0 saturated carbocycles. The fourth-order valence-corrected chi connectivity index (χ4v) is 2.65. The van der Waals surface area contributed by atoms with Crippen molar-refractivity contribution in [3.8, 4) is 0 Å². The highest BCUT2D eigenvalue weighted by Crippen LogP contribution is 2.13. The molecule has 2 N–H and O–H groups in total. The Labute approximate surface area is 146 Å². The number of hydrogen-bond acceptors (Lipinski definition) is 1. The summed E-state index contributed by atoms with van der Waals surface area (Å²) in [6, 6.07) is 17.7. The van der Waals surface area contributed by atoms with Crippen LogP contribution in [0.2, 0.25) is 0 Å². The molecule has 2 amide bonds. The van der Waals surface area contributed by atoms with E-state index in [1.165, 1.54) is 12.1 Å². The summed E-state index contributed by atoms with van der Waals surface area (Å²) in [7, 11) is 0. The zero-order valence-electron chi connectivity index (χ0n) is 14.0. The number of rotatable bonds is 5. The highest BCUT2D eigenvalue weighted by atomic mass is 19.1. The number of nitrogens with zero attached hydrogens (tertiary/aromatic N) is 1. The molecule has 0 fully saturated rings. The molecule has 3 rings (SSSR count). The number of benzene rings is 2. The summed E-state index contributed by atoms with van der Waals surface area (Å²) in [5.74, 6) is -0.248. The number of nitrogens with one attached hydrogen (secondary N) is 2. The van der Waals surface area contributed by atoms with Crippen LogP contribution < -0.4 is 10.6 Å². The van der Waals surface area contributed by atoms with Crippen molar-refractivity contribution in [3.05, 3.63) is 89.5 Å². The average molecular weight is 337 g/mol. The molecule has 0 aliphatic carbocycles. The zero-order valence-corrected chi connectivity index (χ0v) is 14.0. The topological polar surface area (TPSA) is 46.1 Å². The van der Waals surface area contributed by atoms with E-state index in [-0.39, 0.29) is 11.8 Å². The van der Waals surface area contributed by atoms with Gasteiger partial charge in [-0.2, -0.15) is 0 Å². The maximum atomic E-state index is 13.3. The van der Waals surface area contributed by atoms with Gasteiger partial charge in [0.15, 0.2) is 0 Å². The van der Waals surface area contributed by atoms with Crippen molar-refractivity contribution < 1.29 is 9.18 Å². The number of amides is 2. The molecule has 1 aromatic heterocycles. The fourth-order valence-electron chi connectivity index (χ4n) is 2.65. The normalized spacial score (nSPS) is 10.5. The second-order valence-electron chi connectivity index (χ2n) is 5.88. The molecule has 0 saturated heterocycles. The first kappa shape index (κ1) is 16.8. The molecule has 0 spiro atoms. The van der Waals surface area contributed by atoms with E-state index < -0.39 is 0 Å². The van der Waals surface area contributed by atoms with Crippen LogP contribution in [0.3, 0.4) is 0 Å². The van der Waals surface area contributed by atoms with Gasteiger partial charge < -0.3 is 15.2 Å². The van der Waals surface area contributed by atoms with E-state index in [0.717, 1.165) is 22.5 Å². The molecule has 0 aliphatic rings. The van der Waals surface area contributed by atoms with Gasteiger partial charge in [0, 0.05) is 24.1 Å². The van der Waals surface area contributed by atoms with Crippen molar-refractivity contribution in [2.24, 2.45) is 0 Å². The molecule has 128 valence electrons. The molecule has 0 aliphatic heterocycles. The van der Waals surface area contributed by atoms with E-state index in [1.54, 1.807) is 6.07 Å². The van der Waals surface area contributed by atoms with Gasteiger partial charge in [0.2, 0.25) is 0 Å². The lowest BCUT2D eigenvalue weighted by Crippen LogP contribution is -2.29. The summed E-state index contributed by atoms with van der Waals surface area (Å²) < 4.78 is 15.3. The molecule has 25 heavy (non-hydrogen) atoms. The Morgan fingerprint density at radius 2 is 1.92 bits per heavy atom. The van der Waals surface area contributed by atoms with E-state index in [2.05, 4.69) is 10.6 Å². The zero-order chi connectivity index (χ0) is 17.6. The number of urea groups is 1. The van der Waals surface area contributed by atoms with Gasteiger partial charge in [-0.1, -0.05) is 30.3 Å². The van der Waals surface area contributed by atoms with Crippen LogP contribution in [0, 0.1) is 12.7 Å². The largest absolute Gasteiger partial charge is 0.345 e. The van der Waals surface area contributed by atoms with Gasteiger partial charge in [0.05, 0.1) is 6.54 Å². The monoisotopic (exact) mass is 337 g/mol. The predicted octanol–water partition coefficient (Wildman–Crippen LogP) is 4.31. The number of para-hydroxylation sites is 1. The molecular formula is C20H20FN3O. The predicted molar refractivity (Wildman–Crippen MR) is 97.0 cm³/mol. The van der Waals surface area contributed by atoms with E-state index in [9.17, 15) is 9.18 Å². The molecule has 5 heteroatoms. The Morgan fingerprint density at radius 1 is 1.08 bits per heavy atom. The first-order valence-electron chi connectivity index (χ1n) is 8.11. The maximum Gasteiger partial charge on any atom is 0.319 e. The summed E-state index contributed by atoms with van der Waals surface area (Å²) in [6.45, 7) is 2.89. The smallest absolute Gasteiger partial charge is 0.319 e. The highest BCUT2D eigenvalue weighted by Gasteiger charge is 2.07. The maximum absolute atomic E-state index is 13.3. The van der Waals surface area contributed by atoms with Crippen LogP contribution in [-0.2, 0) is 13.1 Å².